The van der Waals surface area contributed by atoms with Crippen LogP contribution in [0.1, 0.15) is 46.0 Å². The van der Waals surface area contributed by atoms with Crippen LogP contribution in [-0.4, -0.2) is 29.7 Å². The zero-order valence-electron chi connectivity index (χ0n) is 11.7. The molecule has 3 atom stereocenters. The molecular formula is C14H24N2O3. The lowest BCUT2D eigenvalue weighted by atomic mass is 9.69. The Bertz CT molecular complexity index is 366. The molecule has 5 heteroatoms. The highest BCUT2D eigenvalue weighted by molar-refractivity contribution is 5.79. The molecule has 0 heterocycles. The molecule has 0 aromatic rings. The number of urea groups is 1. The molecule has 3 N–H and O–H groups in total. The highest BCUT2D eigenvalue weighted by Crippen LogP contribution is 2.40. The molecule has 0 aromatic carbocycles. The van der Waals surface area contributed by atoms with Crippen LogP contribution in [0.2, 0.25) is 0 Å². The van der Waals surface area contributed by atoms with Gasteiger partial charge in [-0.15, -0.1) is 0 Å². The van der Waals surface area contributed by atoms with Crippen molar-refractivity contribution in [2.24, 2.45) is 17.3 Å². The Labute approximate surface area is 114 Å². The average Bonchev–Trinajstić information content (AvgIpc) is 2.59. The van der Waals surface area contributed by atoms with Gasteiger partial charge in [-0.2, -0.15) is 0 Å². The molecule has 3 unspecified atom stereocenters. The molecule has 2 saturated carbocycles. The number of rotatable bonds is 4. The maximum absolute atomic E-state index is 11.8. The Balaban J connectivity index is 1.77. The third-order valence-electron chi connectivity index (χ3n) is 5.13. The van der Waals surface area contributed by atoms with Crippen LogP contribution in [0.4, 0.5) is 4.79 Å². The molecule has 2 fully saturated rings. The Morgan fingerprint density at radius 3 is 2.37 bits per heavy atom. The fourth-order valence-electron chi connectivity index (χ4n) is 3.11. The van der Waals surface area contributed by atoms with E-state index in [0.29, 0.717) is 24.7 Å². The number of carboxylic acids is 1. The van der Waals surface area contributed by atoms with E-state index in [1.54, 1.807) is 0 Å². The molecule has 0 radical (unpaired) electrons. The lowest BCUT2D eigenvalue weighted by Gasteiger charge is -2.37. The quantitative estimate of drug-likeness (QED) is 0.729. The summed E-state index contributed by atoms with van der Waals surface area (Å²) < 4.78 is 0. The first kappa shape index (κ1) is 14.2. The molecule has 19 heavy (non-hydrogen) atoms. The van der Waals surface area contributed by atoms with Crippen LogP contribution in [0, 0.1) is 17.3 Å². The van der Waals surface area contributed by atoms with Gasteiger partial charge in [0.05, 0.1) is 5.41 Å². The maximum atomic E-state index is 11.8. The fraction of sp³-hybridized carbons (Fsp3) is 0.857. The van der Waals surface area contributed by atoms with Crippen LogP contribution in [0.25, 0.3) is 0 Å². The van der Waals surface area contributed by atoms with Gasteiger partial charge in [-0.3, -0.25) is 4.79 Å². The average molecular weight is 268 g/mol. The molecule has 0 aliphatic heterocycles. The van der Waals surface area contributed by atoms with E-state index in [9.17, 15) is 14.7 Å². The normalized spacial score (nSPS) is 32.4. The van der Waals surface area contributed by atoms with Crippen LogP contribution < -0.4 is 10.6 Å². The largest absolute Gasteiger partial charge is 0.481 e. The van der Waals surface area contributed by atoms with Gasteiger partial charge in [-0.05, 0) is 37.5 Å². The van der Waals surface area contributed by atoms with Crippen LogP contribution in [0.15, 0.2) is 0 Å². The summed E-state index contributed by atoms with van der Waals surface area (Å²) in [6.45, 7) is 4.61. The minimum absolute atomic E-state index is 0.220. The first-order chi connectivity index (χ1) is 8.94. The predicted molar refractivity (Wildman–Crippen MR) is 71.8 cm³/mol. The zero-order chi connectivity index (χ0) is 14.0. The molecule has 0 saturated heterocycles. The van der Waals surface area contributed by atoms with E-state index < -0.39 is 11.4 Å². The maximum Gasteiger partial charge on any atom is 0.315 e. The van der Waals surface area contributed by atoms with Crippen LogP contribution in [-0.2, 0) is 4.79 Å². The van der Waals surface area contributed by atoms with Gasteiger partial charge in [0.1, 0.15) is 0 Å². The second-order valence-electron chi connectivity index (χ2n) is 6.29. The molecule has 5 nitrogen and oxygen atoms in total. The molecule has 2 aliphatic carbocycles. The summed E-state index contributed by atoms with van der Waals surface area (Å²) in [4.78, 5) is 23.0. The molecule has 2 aliphatic rings. The number of aliphatic carboxylic acids is 1. The number of carbonyl (C=O) groups is 2. The van der Waals surface area contributed by atoms with Crippen molar-refractivity contribution in [3.8, 4) is 0 Å². The summed E-state index contributed by atoms with van der Waals surface area (Å²) in [6.07, 6.45) is 4.43. The van der Waals surface area contributed by atoms with Crippen molar-refractivity contribution in [3.05, 3.63) is 0 Å². The predicted octanol–water partition coefficient (Wildman–Crippen LogP) is 1.98. The van der Waals surface area contributed by atoms with Gasteiger partial charge in [0, 0.05) is 12.6 Å². The van der Waals surface area contributed by atoms with Gasteiger partial charge >= 0.3 is 12.0 Å². The van der Waals surface area contributed by atoms with Crippen molar-refractivity contribution in [3.63, 3.8) is 0 Å². The summed E-state index contributed by atoms with van der Waals surface area (Å²) in [5.74, 6) is 0.340. The van der Waals surface area contributed by atoms with Crippen molar-refractivity contribution in [1.82, 2.24) is 10.6 Å². The molecule has 0 spiro atoms. The third kappa shape index (κ3) is 2.85. The first-order valence-electron chi connectivity index (χ1n) is 7.22. The van der Waals surface area contributed by atoms with Crippen molar-refractivity contribution in [2.75, 3.05) is 6.54 Å². The molecule has 0 aromatic heterocycles. The highest BCUT2D eigenvalue weighted by atomic mass is 16.4. The number of nitrogens with one attached hydrogen (secondary N) is 2. The Morgan fingerprint density at radius 2 is 1.95 bits per heavy atom. The highest BCUT2D eigenvalue weighted by Gasteiger charge is 2.44. The van der Waals surface area contributed by atoms with Gasteiger partial charge in [0.25, 0.3) is 0 Å². The Hall–Kier alpha value is -1.26. The SMILES string of the molecule is CC1CCC(NC(=O)NCC2(C(=O)O)CCC2)C1C. The fourth-order valence-corrected chi connectivity index (χ4v) is 3.11. The van der Waals surface area contributed by atoms with Crippen molar-refractivity contribution in [2.45, 2.75) is 52.0 Å². The van der Waals surface area contributed by atoms with Gasteiger partial charge in [-0.1, -0.05) is 20.3 Å². The Kier molecular flexibility index (Phi) is 4.02. The van der Waals surface area contributed by atoms with E-state index in [1.807, 2.05) is 0 Å². The van der Waals surface area contributed by atoms with Crippen LogP contribution >= 0.6 is 0 Å². The Morgan fingerprint density at radius 1 is 1.26 bits per heavy atom. The first-order valence-corrected chi connectivity index (χ1v) is 7.22. The van der Waals surface area contributed by atoms with E-state index >= 15 is 0 Å². The van der Waals surface area contributed by atoms with Gasteiger partial charge in [0.2, 0.25) is 0 Å². The second kappa shape index (κ2) is 5.39. The van der Waals surface area contributed by atoms with Crippen LogP contribution in [0.3, 0.4) is 0 Å². The van der Waals surface area contributed by atoms with E-state index in [4.69, 9.17) is 0 Å². The van der Waals surface area contributed by atoms with E-state index in [2.05, 4.69) is 24.5 Å². The minimum Gasteiger partial charge on any atom is -0.481 e. The number of hydrogen-bond donors (Lipinski definition) is 3. The lowest BCUT2D eigenvalue weighted by Crippen LogP contribution is -2.51. The lowest BCUT2D eigenvalue weighted by molar-refractivity contribution is -0.153. The summed E-state index contributed by atoms with van der Waals surface area (Å²) in [7, 11) is 0. The number of hydrogen-bond acceptors (Lipinski definition) is 2. The topological polar surface area (TPSA) is 78.4 Å². The standard InChI is InChI=1S/C14H24N2O3/c1-9-4-5-11(10(9)2)16-13(19)15-8-14(12(17)18)6-3-7-14/h9-11H,3-8H2,1-2H3,(H,17,18)(H2,15,16,19). The van der Waals surface area contributed by atoms with Crippen LogP contribution in [0.5, 0.6) is 0 Å². The molecule has 108 valence electrons. The summed E-state index contributed by atoms with van der Waals surface area (Å²) in [6, 6.07) is -0.00403. The molecule has 2 rings (SSSR count). The van der Waals surface area contributed by atoms with Crippen molar-refractivity contribution >= 4 is 12.0 Å². The van der Waals surface area contributed by atoms with Gasteiger partial charge < -0.3 is 15.7 Å². The van der Waals surface area contributed by atoms with E-state index in [-0.39, 0.29) is 18.6 Å². The molecule has 0 bridgehead atoms. The summed E-state index contributed by atoms with van der Waals surface area (Å²) in [5.41, 5.74) is -0.716. The van der Waals surface area contributed by atoms with Gasteiger partial charge in [-0.25, -0.2) is 4.79 Å². The second-order valence-corrected chi connectivity index (χ2v) is 6.29. The van der Waals surface area contributed by atoms with Crippen molar-refractivity contribution < 1.29 is 14.7 Å². The van der Waals surface area contributed by atoms with E-state index in [0.717, 1.165) is 19.3 Å². The number of amides is 2. The smallest absolute Gasteiger partial charge is 0.315 e. The molecule has 2 amide bonds. The summed E-state index contributed by atoms with van der Waals surface area (Å²) in [5, 5.41) is 14.9. The third-order valence-corrected chi connectivity index (χ3v) is 5.13. The van der Waals surface area contributed by atoms with Gasteiger partial charge in [0.15, 0.2) is 0 Å². The minimum atomic E-state index is -0.790. The van der Waals surface area contributed by atoms with Crippen molar-refractivity contribution in [1.29, 1.82) is 0 Å². The number of carbonyl (C=O) groups excluding carboxylic acids is 1. The van der Waals surface area contributed by atoms with E-state index in [1.165, 1.54) is 0 Å². The molecular weight excluding hydrogens is 244 g/mol. The zero-order valence-corrected chi connectivity index (χ0v) is 11.7. The monoisotopic (exact) mass is 268 g/mol. The number of carboxylic acid groups (broad SMARTS) is 1. The summed E-state index contributed by atoms with van der Waals surface area (Å²) >= 11 is 0.